The van der Waals surface area contributed by atoms with Gasteiger partial charge in [0.05, 0.1) is 12.3 Å². The number of anilines is 1. The van der Waals surface area contributed by atoms with Gasteiger partial charge in [0.15, 0.2) is 0 Å². The summed E-state index contributed by atoms with van der Waals surface area (Å²) in [6.07, 6.45) is 5.90. The number of amides is 1. The molecule has 1 aliphatic carbocycles. The fourth-order valence-corrected chi connectivity index (χ4v) is 4.23. The molecule has 0 radical (unpaired) electrons. The zero-order chi connectivity index (χ0) is 19.3. The second kappa shape index (κ2) is 8.46. The number of carbonyl (C=O) groups is 1. The van der Waals surface area contributed by atoms with E-state index in [0.29, 0.717) is 19.4 Å². The number of ether oxygens (including phenoxy) is 1. The van der Waals surface area contributed by atoms with Crippen molar-refractivity contribution in [3.63, 3.8) is 0 Å². The number of rotatable bonds is 5. The molecule has 0 atom stereocenters. The molecule has 2 aromatic carbocycles. The van der Waals surface area contributed by atoms with Crippen LogP contribution >= 0.6 is 0 Å². The Balaban J connectivity index is 1.34. The summed E-state index contributed by atoms with van der Waals surface area (Å²) in [6, 6.07) is 14.1. The summed E-state index contributed by atoms with van der Waals surface area (Å²) >= 11 is 0. The molecule has 28 heavy (non-hydrogen) atoms. The first-order valence-corrected chi connectivity index (χ1v) is 10.1. The predicted octanol–water partition coefficient (Wildman–Crippen LogP) is 4.34. The fourth-order valence-electron chi connectivity index (χ4n) is 4.23. The van der Waals surface area contributed by atoms with Gasteiger partial charge in [-0.15, -0.1) is 0 Å². The number of hydrogen-bond acceptors (Lipinski definition) is 4. The monoisotopic (exact) mass is 378 g/mol. The highest BCUT2D eigenvalue weighted by Gasteiger charge is 2.22. The van der Waals surface area contributed by atoms with Gasteiger partial charge in [0.25, 0.3) is 0 Å². The lowest BCUT2D eigenvalue weighted by Gasteiger charge is -2.29. The molecular formula is C23H26N2O3. The van der Waals surface area contributed by atoms with Crippen LogP contribution in [0.3, 0.4) is 0 Å². The van der Waals surface area contributed by atoms with Crippen molar-refractivity contribution in [1.82, 2.24) is 0 Å². The van der Waals surface area contributed by atoms with E-state index in [1.165, 1.54) is 5.56 Å². The Labute approximate surface area is 165 Å². The highest BCUT2D eigenvalue weighted by Crippen LogP contribution is 2.30. The minimum Gasteiger partial charge on any atom is -0.493 e. The summed E-state index contributed by atoms with van der Waals surface area (Å²) in [7, 11) is 0. The van der Waals surface area contributed by atoms with Gasteiger partial charge in [-0.3, -0.25) is 4.79 Å². The van der Waals surface area contributed by atoms with Crippen molar-refractivity contribution in [2.24, 2.45) is 5.16 Å². The Morgan fingerprint density at radius 2 is 1.96 bits per heavy atom. The van der Waals surface area contributed by atoms with Crippen LogP contribution in [0.15, 0.2) is 47.6 Å². The van der Waals surface area contributed by atoms with Crippen molar-refractivity contribution < 1.29 is 14.7 Å². The van der Waals surface area contributed by atoms with Gasteiger partial charge in [0.1, 0.15) is 5.75 Å². The van der Waals surface area contributed by atoms with Crippen LogP contribution in [0.1, 0.15) is 48.8 Å². The highest BCUT2D eigenvalue weighted by atomic mass is 16.5. The fraction of sp³-hybridized carbons (Fsp3) is 0.391. The van der Waals surface area contributed by atoms with Crippen molar-refractivity contribution in [3.8, 4) is 5.75 Å². The first-order valence-electron chi connectivity index (χ1n) is 10.1. The van der Waals surface area contributed by atoms with Gasteiger partial charge in [0, 0.05) is 29.8 Å². The molecule has 0 aromatic heterocycles. The number of carbonyl (C=O) groups excluding carboxylic acids is 1. The zero-order valence-corrected chi connectivity index (χ0v) is 16.1. The van der Waals surface area contributed by atoms with Crippen LogP contribution in [0.4, 0.5) is 5.69 Å². The van der Waals surface area contributed by atoms with Crippen molar-refractivity contribution >= 4 is 17.3 Å². The van der Waals surface area contributed by atoms with Crippen LogP contribution < -0.4 is 9.64 Å². The highest BCUT2D eigenvalue weighted by molar-refractivity contribution is 6.02. The maximum atomic E-state index is 12.7. The molecule has 1 N–H and O–H groups in total. The molecule has 0 unspecified atom stereocenters. The Morgan fingerprint density at radius 1 is 1.07 bits per heavy atom. The predicted molar refractivity (Wildman–Crippen MR) is 110 cm³/mol. The summed E-state index contributed by atoms with van der Waals surface area (Å²) < 4.78 is 6.00. The smallest absolute Gasteiger partial charge is 0.227 e. The number of benzene rings is 2. The van der Waals surface area contributed by atoms with Crippen LogP contribution in [-0.2, 0) is 17.6 Å². The van der Waals surface area contributed by atoms with Crippen LogP contribution in [0, 0.1) is 0 Å². The summed E-state index contributed by atoms with van der Waals surface area (Å²) in [6.45, 7) is 1.30. The van der Waals surface area contributed by atoms with Gasteiger partial charge in [-0.2, -0.15) is 0 Å². The first kappa shape index (κ1) is 18.5. The lowest BCUT2D eigenvalue weighted by Crippen LogP contribution is -2.35. The van der Waals surface area contributed by atoms with Crippen LogP contribution in [0.2, 0.25) is 0 Å². The molecule has 4 rings (SSSR count). The van der Waals surface area contributed by atoms with Crippen molar-refractivity contribution in [3.05, 3.63) is 59.2 Å². The third-order valence-electron chi connectivity index (χ3n) is 5.61. The lowest BCUT2D eigenvalue weighted by molar-refractivity contribution is -0.118. The van der Waals surface area contributed by atoms with Gasteiger partial charge < -0.3 is 14.8 Å². The molecule has 1 amide bonds. The topological polar surface area (TPSA) is 62.1 Å². The molecule has 1 heterocycles. The van der Waals surface area contributed by atoms with E-state index in [9.17, 15) is 10.0 Å². The van der Waals surface area contributed by atoms with Gasteiger partial charge in [-0.25, -0.2) is 0 Å². The molecule has 1 aliphatic heterocycles. The first-order chi connectivity index (χ1) is 13.8. The van der Waals surface area contributed by atoms with Gasteiger partial charge in [-0.05, 0) is 56.2 Å². The second-order valence-electron chi connectivity index (χ2n) is 7.41. The minimum absolute atomic E-state index is 0.167. The number of oxime groups is 1. The summed E-state index contributed by atoms with van der Waals surface area (Å²) in [5, 5.41) is 12.6. The Morgan fingerprint density at radius 3 is 2.86 bits per heavy atom. The standard InChI is InChI=1S/C23H26N2O3/c26-23(25-15-5-8-17-7-1-2-12-21(17)25)14-6-16-28-22-13-4-9-18-19(22)10-3-11-20(18)24-27/h1-2,4,7,9,12-13,27H,3,5-6,8,10-11,14-16H2. The number of hydrogen-bond donors (Lipinski definition) is 1. The number of fused-ring (bicyclic) bond motifs is 2. The number of aryl methyl sites for hydroxylation is 1. The van der Waals surface area contributed by atoms with E-state index in [1.54, 1.807) is 0 Å². The van der Waals surface area contributed by atoms with E-state index >= 15 is 0 Å². The molecule has 5 nitrogen and oxygen atoms in total. The Bertz CT molecular complexity index is 891. The molecule has 0 spiro atoms. The molecular weight excluding hydrogens is 352 g/mol. The quantitative estimate of drug-likeness (QED) is 0.478. The van der Waals surface area contributed by atoms with E-state index in [4.69, 9.17) is 4.74 Å². The van der Waals surface area contributed by atoms with E-state index in [1.807, 2.05) is 41.3 Å². The van der Waals surface area contributed by atoms with Crippen molar-refractivity contribution in [2.75, 3.05) is 18.1 Å². The van der Waals surface area contributed by atoms with E-state index in [-0.39, 0.29) is 5.91 Å². The Kier molecular flexibility index (Phi) is 5.60. The van der Waals surface area contributed by atoms with E-state index in [2.05, 4.69) is 11.2 Å². The largest absolute Gasteiger partial charge is 0.493 e. The zero-order valence-electron chi connectivity index (χ0n) is 16.1. The van der Waals surface area contributed by atoms with Crippen LogP contribution in [-0.4, -0.2) is 30.0 Å². The average molecular weight is 378 g/mol. The maximum absolute atomic E-state index is 12.7. The van der Waals surface area contributed by atoms with Gasteiger partial charge >= 0.3 is 0 Å². The van der Waals surface area contributed by atoms with Gasteiger partial charge in [-0.1, -0.05) is 35.5 Å². The van der Waals surface area contributed by atoms with Crippen molar-refractivity contribution in [2.45, 2.75) is 44.9 Å². The summed E-state index contributed by atoms with van der Waals surface area (Å²) in [4.78, 5) is 14.6. The Hall–Kier alpha value is -2.82. The molecule has 2 aromatic rings. The molecule has 2 aliphatic rings. The summed E-state index contributed by atoms with van der Waals surface area (Å²) in [5.41, 5.74) is 5.14. The molecule has 146 valence electrons. The lowest BCUT2D eigenvalue weighted by atomic mass is 9.89. The van der Waals surface area contributed by atoms with Crippen LogP contribution in [0.25, 0.3) is 0 Å². The number of nitrogens with zero attached hydrogens (tertiary/aromatic N) is 2. The molecule has 0 saturated heterocycles. The molecule has 0 fully saturated rings. The molecule has 0 bridgehead atoms. The third kappa shape index (κ3) is 3.75. The minimum atomic E-state index is 0.167. The molecule has 0 saturated carbocycles. The van der Waals surface area contributed by atoms with Crippen molar-refractivity contribution in [1.29, 1.82) is 0 Å². The SMILES string of the molecule is O=C(CCCOc1cccc2c1CCCC2=NO)N1CCCc2ccccc21. The normalized spacial score (nSPS) is 17.1. The van der Waals surface area contributed by atoms with E-state index in [0.717, 1.165) is 66.9 Å². The van der Waals surface area contributed by atoms with Crippen LogP contribution in [0.5, 0.6) is 5.75 Å². The molecule has 5 heteroatoms. The summed E-state index contributed by atoms with van der Waals surface area (Å²) in [5.74, 6) is 1.01. The third-order valence-corrected chi connectivity index (χ3v) is 5.61. The maximum Gasteiger partial charge on any atom is 0.227 e. The second-order valence-corrected chi connectivity index (χ2v) is 7.41. The van der Waals surface area contributed by atoms with Gasteiger partial charge in [0.2, 0.25) is 5.91 Å². The average Bonchev–Trinajstić information content (AvgIpc) is 2.75. The van der Waals surface area contributed by atoms with E-state index < -0.39 is 0 Å². The number of para-hydroxylation sites is 1.